The van der Waals surface area contributed by atoms with E-state index in [1.807, 2.05) is 13.8 Å². The van der Waals surface area contributed by atoms with Crippen LogP contribution < -0.4 is 11.0 Å². The van der Waals surface area contributed by atoms with Gasteiger partial charge in [0.05, 0.1) is 11.0 Å². The number of aromatic amines is 2. The molecule has 1 aromatic carbocycles. The molecule has 2 heterocycles. The predicted octanol–water partition coefficient (Wildman–Crippen LogP) is 0.732. The number of rotatable bonds is 2. The maximum Gasteiger partial charge on any atom is 0.323 e. The number of carbonyl (C=O) groups excluding carboxylic acids is 2. The van der Waals surface area contributed by atoms with Gasteiger partial charge in [0.2, 0.25) is 0 Å². The first kappa shape index (κ1) is 16.1. The number of nitrogens with one attached hydrogen (secondary N) is 3. The first-order valence-electron chi connectivity index (χ1n) is 8.01. The fourth-order valence-corrected chi connectivity index (χ4v) is 2.80. The quantitative estimate of drug-likeness (QED) is 0.756. The summed E-state index contributed by atoms with van der Waals surface area (Å²) in [4.78, 5) is 44.6. The lowest BCUT2D eigenvalue weighted by Crippen LogP contribution is -2.54. The molecule has 2 aromatic rings. The van der Waals surface area contributed by atoms with E-state index in [9.17, 15) is 14.4 Å². The van der Waals surface area contributed by atoms with E-state index >= 15 is 0 Å². The Morgan fingerprint density at radius 2 is 1.67 bits per heavy atom. The van der Waals surface area contributed by atoms with Crippen LogP contribution in [0.5, 0.6) is 0 Å². The molecule has 0 aliphatic carbocycles. The lowest BCUT2D eigenvalue weighted by atomic mass is 10.1. The Hall–Kier alpha value is -2.77. The van der Waals surface area contributed by atoms with E-state index in [0.29, 0.717) is 42.8 Å². The molecule has 3 amide bonds. The van der Waals surface area contributed by atoms with Gasteiger partial charge in [0, 0.05) is 37.8 Å². The minimum absolute atomic E-state index is 0.0902. The predicted molar refractivity (Wildman–Crippen MR) is 90.1 cm³/mol. The summed E-state index contributed by atoms with van der Waals surface area (Å²) in [5, 5.41) is 2.86. The van der Waals surface area contributed by atoms with Crippen LogP contribution in [-0.4, -0.2) is 63.9 Å². The number of aromatic nitrogens is 2. The van der Waals surface area contributed by atoms with Gasteiger partial charge in [-0.15, -0.1) is 0 Å². The first-order valence-corrected chi connectivity index (χ1v) is 8.01. The summed E-state index contributed by atoms with van der Waals surface area (Å²) in [5.74, 6) is -0.0946. The maximum atomic E-state index is 12.6. The van der Waals surface area contributed by atoms with Crippen molar-refractivity contribution >= 4 is 23.0 Å². The largest absolute Gasteiger partial charge is 0.336 e. The number of imidazole rings is 1. The Morgan fingerprint density at radius 3 is 2.33 bits per heavy atom. The highest BCUT2D eigenvalue weighted by Gasteiger charge is 2.25. The standard InChI is InChI=1S/C16H21N5O3/c1-10(2)17-16(24)21-7-5-20(6-8-21)14(22)11-3-4-12-13(9-11)19-15(23)18-12/h3-4,9-10H,5-8H2,1-2H3,(H,17,24)(H2,18,19,23). The summed E-state index contributed by atoms with van der Waals surface area (Å²) in [7, 11) is 0. The van der Waals surface area contributed by atoms with Crippen molar-refractivity contribution in [2.75, 3.05) is 26.2 Å². The molecule has 0 saturated carbocycles. The Kier molecular flexibility index (Phi) is 4.28. The molecule has 0 spiro atoms. The van der Waals surface area contributed by atoms with E-state index in [1.165, 1.54) is 0 Å². The monoisotopic (exact) mass is 331 g/mol. The molecule has 3 N–H and O–H groups in total. The SMILES string of the molecule is CC(C)NC(=O)N1CCN(C(=O)c2ccc3[nH]c(=O)[nH]c3c2)CC1. The third kappa shape index (κ3) is 3.27. The maximum absolute atomic E-state index is 12.6. The van der Waals surface area contributed by atoms with Crippen LogP contribution in [0.3, 0.4) is 0 Å². The minimum Gasteiger partial charge on any atom is -0.336 e. The number of hydrogen-bond acceptors (Lipinski definition) is 3. The van der Waals surface area contributed by atoms with Gasteiger partial charge in [-0.1, -0.05) is 0 Å². The smallest absolute Gasteiger partial charge is 0.323 e. The van der Waals surface area contributed by atoms with E-state index in [-0.39, 0.29) is 23.7 Å². The van der Waals surface area contributed by atoms with Crippen molar-refractivity contribution in [2.45, 2.75) is 19.9 Å². The summed E-state index contributed by atoms with van der Waals surface area (Å²) >= 11 is 0. The first-order chi connectivity index (χ1) is 11.4. The van der Waals surface area contributed by atoms with E-state index < -0.39 is 0 Å². The minimum atomic E-state index is -0.292. The second-order valence-electron chi connectivity index (χ2n) is 6.22. The van der Waals surface area contributed by atoms with Gasteiger partial charge >= 0.3 is 11.7 Å². The fraction of sp³-hybridized carbons (Fsp3) is 0.438. The lowest BCUT2D eigenvalue weighted by molar-refractivity contribution is 0.0664. The normalized spacial score (nSPS) is 15.1. The van der Waals surface area contributed by atoms with Crippen LogP contribution in [0.4, 0.5) is 4.79 Å². The van der Waals surface area contributed by atoms with Gasteiger partial charge < -0.3 is 25.1 Å². The fourth-order valence-electron chi connectivity index (χ4n) is 2.80. The number of piperazine rings is 1. The molecule has 1 aromatic heterocycles. The number of carbonyl (C=O) groups is 2. The van der Waals surface area contributed by atoms with Gasteiger partial charge in [-0.25, -0.2) is 9.59 Å². The molecular formula is C16H21N5O3. The Balaban J connectivity index is 1.65. The molecule has 0 bridgehead atoms. The molecule has 3 rings (SSSR count). The molecule has 8 heteroatoms. The third-order valence-corrected chi connectivity index (χ3v) is 4.03. The summed E-state index contributed by atoms with van der Waals surface area (Å²) in [6.45, 7) is 5.83. The highest BCUT2D eigenvalue weighted by molar-refractivity contribution is 5.97. The Bertz CT molecular complexity index is 814. The van der Waals surface area contributed by atoms with Crippen LogP contribution >= 0.6 is 0 Å². The second kappa shape index (κ2) is 6.38. The second-order valence-corrected chi connectivity index (χ2v) is 6.22. The van der Waals surface area contributed by atoms with Crippen molar-refractivity contribution < 1.29 is 9.59 Å². The molecule has 8 nitrogen and oxygen atoms in total. The van der Waals surface area contributed by atoms with Crippen LogP contribution in [0.25, 0.3) is 11.0 Å². The summed E-state index contributed by atoms with van der Waals surface area (Å²) in [6, 6.07) is 5.09. The van der Waals surface area contributed by atoms with E-state index in [4.69, 9.17) is 0 Å². The topological polar surface area (TPSA) is 101 Å². The molecule has 1 saturated heterocycles. The molecule has 0 unspecified atom stereocenters. The molecule has 0 radical (unpaired) electrons. The molecule has 0 atom stereocenters. The highest BCUT2D eigenvalue weighted by atomic mass is 16.2. The van der Waals surface area contributed by atoms with Gasteiger partial charge in [0.1, 0.15) is 0 Å². The summed E-state index contributed by atoms with van der Waals surface area (Å²) in [5.41, 5.74) is 1.52. The zero-order valence-corrected chi connectivity index (χ0v) is 13.8. The van der Waals surface area contributed by atoms with Crippen LogP contribution in [0.1, 0.15) is 24.2 Å². The third-order valence-electron chi connectivity index (χ3n) is 4.03. The Labute approximate surface area is 138 Å². The van der Waals surface area contributed by atoms with Crippen LogP contribution in [-0.2, 0) is 0 Å². The van der Waals surface area contributed by atoms with Gasteiger partial charge in [-0.2, -0.15) is 0 Å². The van der Waals surface area contributed by atoms with Gasteiger partial charge in [0.15, 0.2) is 0 Å². The average molecular weight is 331 g/mol. The van der Waals surface area contributed by atoms with Gasteiger partial charge in [-0.05, 0) is 32.0 Å². The highest BCUT2D eigenvalue weighted by Crippen LogP contribution is 2.14. The molecule has 1 aliphatic rings. The number of H-pyrrole nitrogens is 2. The van der Waals surface area contributed by atoms with Crippen molar-refractivity contribution in [1.82, 2.24) is 25.1 Å². The van der Waals surface area contributed by atoms with Crippen LogP contribution in [0.2, 0.25) is 0 Å². The summed E-state index contributed by atoms with van der Waals surface area (Å²) in [6.07, 6.45) is 0. The summed E-state index contributed by atoms with van der Waals surface area (Å²) < 4.78 is 0. The zero-order chi connectivity index (χ0) is 17.3. The number of nitrogens with zero attached hydrogens (tertiary/aromatic N) is 2. The lowest BCUT2D eigenvalue weighted by Gasteiger charge is -2.35. The number of benzene rings is 1. The van der Waals surface area contributed by atoms with Crippen molar-refractivity contribution in [3.63, 3.8) is 0 Å². The van der Waals surface area contributed by atoms with Crippen molar-refractivity contribution in [1.29, 1.82) is 0 Å². The van der Waals surface area contributed by atoms with E-state index in [2.05, 4.69) is 15.3 Å². The molecule has 1 aliphatic heterocycles. The molecule has 1 fully saturated rings. The van der Waals surface area contributed by atoms with Gasteiger partial charge in [0.25, 0.3) is 5.91 Å². The number of hydrogen-bond donors (Lipinski definition) is 3. The van der Waals surface area contributed by atoms with Crippen LogP contribution in [0, 0.1) is 0 Å². The number of urea groups is 1. The van der Waals surface area contributed by atoms with E-state index in [1.54, 1.807) is 28.0 Å². The van der Waals surface area contributed by atoms with Crippen molar-refractivity contribution in [3.8, 4) is 0 Å². The number of amides is 3. The van der Waals surface area contributed by atoms with Crippen LogP contribution in [0.15, 0.2) is 23.0 Å². The Morgan fingerprint density at radius 1 is 1.04 bits per heavy atom. The van der Waals surface area contributed by atoms with Crippen molar-refractivity contribution in [2.24, 2.45) is 0 Å². The molecular weight excluding hydrogens is 310 g/mol. The van der Waals surface area contributed by atoms with Crippen molar-refractivity contribution in [3.05, 3.63) is 34.2 Å². The molecule has 128 valence electrons. The molecule has 24 heavy (non-hydrogen) atoms. The number of fused-ring (bicyclic) bond motifs is 1. The average Bonchev–Trinajstić information content (AvgIpc) is 2.92. The zero-order valence-electron chi connectivity index (χ0n) is 13.8. The van der Waals surface area contributed by atoms with E-state index in [0.717, 1.165) is 0 Å². The van der Waals surface area contributed by atoms with Gasteiger partial charge in [-0.3, -0.25) is 4.79 Å².